The quantitative estimate of drug-likeness (QED) is 0.871. The normalized spacial score (nSPS) is 25.8. The van der Waals surface area contributed by atoms with Crippen LogP contribution in [0.15, 0.2) is 29.0 Å². The van der Waals surface area contributed by atoms with Crippen molar-refractivity contribution < 1.29 is 4.52 Å². The summed E-state index contributed by atoms with van der Waals surface area (Å²) in [5.41, 5.74) is 0.906. The van der Waals surface area contributed by atoms with E-state index in [1.165, 1.54) is 38.6 Å². The first kappa shape index (κ1) is 13.9. The van der Waals surface area contributed by atoms with Gasteiger partial charge in [-0.25, -0.2) is 0 Å². The molecule has 1 saturated heterocycles. The summed E-state index contributed by atoms with van der Waals surface area (Å²) in [5, 5.41) is 4.08. The van der Waals surface area contributed by atoms with E-state index in [9.17, 15) is 0 Å². The number of likely N-dealkylation sites (tertiary alicyclic amines) is 1. The van der Waals surface area contributed by atoms with E-state index in [-0.39, 0.29) is 0 Å². The Balaban J connectivity index is 1.40. The van der Waals surface area contributed by atoms with Crippen molar-refractivity contribution in [1.82, 2.24) is 20.0 Å². The van der Waals surface area contributed by atoms with Gasteiger partial charge in [0.15, 0.2) is 0 Å². The van der Waals surface area contributed by atoms with Gasteiger partial charge in [0.05, 0.1) is 6.54 Å². The summed E-state index contributed by atoms with van der Waals surface area (Å²) >= 11 is 0. The molecule has 1 aliphatic heterocycles. The summed E-state index contributed by atoms with van der Waals surface area (Å²) in [5.74, 6) is 3.19. The van der Waals surface area contributed by atoms with Crippen molar-refractivity contribution in [3.63, 3.8) is 0 Å². The molecule has 0 amide bonds. The Hall–Kier alpha value is -1.75. The van der Waals surface area contributed by atoms with Crippen molar-refractivity contribution in [3.8, 4) is 11.4 Å². The van der Waals surface area contributed by atoms with Gasteiger partial charge < -0.3 is 4.52 Å². The van der Waals surface area contributed by atoms with E-state index >= 15 is 0 Å². The van der Waals surface area contributed by atoms with Crippen LogP contribution in [-0.4, -0.2) is 33.1 Å². The minimum absolute atomic E-state index is 0.635. The summed E-state index contributed by atoms with van der Waals surface area (Å²) in [6.45, 7) is 3.12. The fourth-order valence-corrected chi connectivity index (χ4v) is 3.94. The summed E-state index contributed by atoms with van der Waals surface area (Å²) in [6, 6.07) is 3.84. The molecule has 0 radical (unpaired) electrons. The minimum atomic E-state index is 0.635. The zero-order chi connectivity index (χ0) is 14.8. The number of piperidine rings is 1. The molecule has 5 nitrogen and oxygen atoms in total. The van der Waals surface area contributed by atoms with E-state index < -0.39 is 0 Å². The summed E-state index contributed by atoms with van der Waals surface area (Å²) in [7, 11) is 0. The van der Waals surface area contributed by atoms with Gasteiger partial charge in [-0.1, -0.05) is 24.4 Å². The molecule has 0 aromatic carbocycles. The lowest BCUT2D eigenvalue weighted by atomic mass is 9.75. The predicted molar refractivity (Wildman–Crippen MR) is 82.9 cm³/mol. The van der Waals surface area contributed by atoms with Crippen molar-refractivity contribution in [2.75, 3.05) is 13.1 Å². The monoisotopic (exact) mass is 298 g/mol. The minimum Gasteiger partial charge on any atom is -0.338 e. The Morgan fingerprint density at radius 3 is 2.95 bits per heavy atom. The van der Waals surface area contributed by atoms with E-state index in [0.717, 1.165) is 30.5 Å². The lowest BCUT2D eigenvalue weighted by molar-refractivity contribution is 0.0747. The second-order valence-electron chi connectivity index (χ2n) is 6.58. The van der Waals surface area contributed by atoms with Gasteiger partial charge in [-0.2, -0.15) is 4.98 Å². The number of hydrogen-bond acceptors (Lipinski definition) is 5. The van der Waals surface area contributed by atoms with Crippen LogP contribution in [0.25, 0.3) is 11.4 Å². The first-order valence-corrected chi connectivity index (χ1v) is 8.34. The van der Waals surface area contributed by atoms with Crippen LogP contribution >= 0.6 is 0 Å². The highest BCUT2D eigenvalue weighted by Crippen LogP contribution is 2.36. The molecule has 2 fully saturated rings. The van der Waals surface area contributed by atoms with Crippen molar-refractivity contribution in [2.45, 2.75) is 38.6 Å². The largest absolute Gasteiger partial charge is 0.338 e. The van der Waals surface area contributed by atoms with Gasteiger partial charge in [0, 0.05) is 24.5 Å². The van der Waals surface area contributed by atoms with E-state index in [0.29, 0.717) is 11.7 Å². The van der Waals surface area contributed by atoms with E-state index in [1.807, 2.05) is 12.1 Å². The van der Waals surface area contributed by atoms with E-state index in [1.54, 1.807) is 12.4 Å². The molecule has 2 unspecified atom stereocenters. The highest BCUT2D eigenvalue weighted by molar-refractivity contribution is 5.51. The third-order valence-electron chi connectivity index (χ3n) is 5.12. The smallest absolute Gasteiger partial charge is 0.241 e. The lowest BCUT2D eigenvalue weighted by Gasteiger charge is -2.40. The molecule has 22 heavy (non-hydrogen) atoms. The molecule has 5 heteroatoms. The number of aromatic nitrogens is 3. The Labute approximate surface area is 130 Å². The third-order valence-corrected chi connectivity index (χ3v) is 5.12. The number of fused-ring (bicyclic) bond motifs is 1. The average molecular weight is 298 g/mol. The molecule has 0 spiro atoms. The molecular formula is C17H22N4O. The highest BCUT2D eigenvalue weighted by atomic mass is 16.5. The molecule has 3 heterocycles. The standard InChI is InChI=1S/C17H22N4O/c1-2-5-15-11-21(9-7-13(15)4-1)12-16-19-17(20-22-16)14-6-3-8-18-10-14/h3,6,8,10,13,15H,1-2,4-5,7,9,11-12H2. The molecule has 116 valence electrons. The van der Waals surface area contributed by atoms with Crippen LogP contribution in [0.3, 0.4) is 0 Å². The molecule has 4 rings (SSSR count). The van der Waals surface area contributed by atoms with Crippen LogP contribution in [0.4, 0.5) is 0 Å². The van der Waals surface area contributed by atoms with Crippen LogP contribution in [-0.2, 0) is 6.54 Å². The van der Waals surface area contributed by atoms with Gasteiger partial charge in [0.25, 0.3) is 0 Å². The van der Waals surface area contributed by atoms with Crippen LogP contribution in [0.2, 0.25) is 0 Å². The van der Waals surface area contributed by atoms with Gasteiger partial charge in [-0.3, -0.25) is 9.88 Å². The predicted octanol–water partition coefficient (Wildman–Crippen LogP) is 3.14. The summed E-state index contributed by atoms with van der Waals surface area (Å²) in [6.07, 6.45) is 10.5. The molecule has 2 atom stereocenters. The number of hydrogen-bond donors (Lipinski definition) is 0. The van der Waals surface area contributed by atoms with E-state index in [2.05, 4.69) is 20.0 Å². The van der Waals surface area contributed by atoms with Gasteiger partial charge in [-0.15, -0.1) is 0 Å². The molecular weight excluding hydrogens is 276 g/mol. The third kappa shape index (κ3) is 2.90. The van der Waals surface area contributed by atoms with Gasteiger partial charge in [-0.05, 0) is 43.4 Å². The van der Waals surface area contributed by atoms with Crippen LogP contribution in [0, 0.1) is 11.8 Å². The SMILES string of the molecule is c1cncc(-c2noc(CN3CCC4CCCCC4C3)n2)c1. The van der Waals surface area contributed by atoms with Gasteiger partial charge in [0.2, 0.25) is 11.7 Å². The zero-order valence-electron chi connectivity index (χ0n) is 12.8. The van der Waals surface area contributed by atoms with Crippen molar-refractivity contribution in [1.29, 1.82) is 0 Å². The highest BCUT2D eigenvalue weighted by Gasteiger charge is 2.31. The van der Waals surface area contributed by atoms with Crippen LogP contribution in [0.1, 0.15) is 38.0 Å². The number of nitrogens with zero attached hydrogens (tertiary/aromatic N) is 4. The van der Waals surface area contributed by atoms with Crippen LogP contribution in [0.5, 0.6) is 0 Å². The molecule has 0 N–H and O–H groups in total. The fraction of sp³-hybridized carbons (Fsp3) is 0.588. The Morgan fingerprint density at radius 1 is 1.18 bits per heavy atom. The van der Waals surface area contributed by atoms with E-state index in [4.69, 9.17) is 4.52 Å². The molecule has 2 aromatic heterocycles. The number of rotatable bonds is 3. The molecule has 1 saturated carbocycles. The molecule has 2 aromatic rings. The molecule has 0 bridgehead atoms. The second-order valence-corrected chi connectivity index (χ2v) is 6.58. The Kier molecular flexibility index (Phi) is 3.89. The lowest BCUT2D eigenvalue weighted by Crippen LogP contribution is -2.41. The molecule has 1 aliphatic carbocycles. The maximum atomic E-state index is 5.43. The Bertz CT molecular complexity index is 612. The van der Waals surface area contributed by atoms with Crippen molar-refractivity contribution in [2.24, 2.45) is 11.8 Å². The second kappa shape index (κ2) is 6.16. The molecule has 2 aliphatic rings. The fourth-order valence-electron chi connectivity index (χ4n) is 3.94. The first-order chi connectivity index (χ1) is 10.9. The summed E-state index contributed by atoms with van der Waals surface area (Å²) < 4.78 is 5.43. The summed E-state index contributed by atoms with van der Waals surface area (Å²) in [4.78, 5) is 11.1. The number of pyridine rings is 1. The maximum Gasteiger partial charge on any atom is 0.241 e. The maximum absolute atomic E-state index is 5.43. The average Bonchev–Trinajstić information content (AvgIpc) is 3.04. The van der Waals surface area contributed by atoms with Gasteiger partial charge >= 0.3 is 0 Å². The topological polar surface area (TPSA) is 55.1 Å². The zero-order valence-corrected chi connectivity index (χ0v) is 12.8. The van der Waals surface area contributed by atoms with Crippen molar-refractivity contribution in [3.05, 3.63) is 30.4 Å². The van der Waals surface area contributed by atoms with Gasteiger partial charge in [0.1, 0.15) is 0 Å². The van der Waals surface area contributed by atoms with Crippen molar-refractivity contribution >= 4 is 0 Å². The Morgan fingerprint density at radius 2 is 2.09 bits per heavy atom. The van der Waals surface area contributed by atoms with Crippen LogP contribution < -0.4 is 0 Å². The first-order valence-electron chi connectivity index (χ1n) is 8.34.